The van der Waals surface area contributed by atoms with E-state index in [0.717, 1.165) is 36.1 Å². The summed E-state index contributed by atoms with van der Waals surface area (Å²) < 4.78 is 6.10. The first kappa shape index (κ1) is 27.7. The van der Waals surface area contributed by atoms with Gasteiger partial charge >= 0.3 is 0 Å². The van der Waals surface area contributed by atoms with Crippen LogP contribution < -0.4 is 15.4 Å². The minimum absolute atomic E-state index is 0.0674. The van der Waals surface area contributed by atoms with Crippen LogP contribution in [0.5, 0.6) is 5.75 Å². The average molecular weight is 574 g/mol. The number of unbranched alkanes of at least 4 members (excludes halogenated alkanes) is 1. The second-order valence-corrected chi connectivity index (χ2v) is 9.92. The van der Waals surface area contributed by atoms with Crippen molar-refractivity contribution in [3.05, 3.63) is 87.1 Å². The highest BCUT2D eigenvalue weighted by molar-refractivity contribution is 6.38. The number of halogens is 3. The van der Waals surface area contributed by atoms with Crippen LogP contribution in [0.4, 0.5) is 5.69 Å². The van der Waals surface area contributed by atoms with Crippen molar-refractivity contribution in [3.63, 3.8) is 0 Å². The first-order chi connectivity index (χ1) is 18.4. The molecule has 0 saturated carbocycles. The van der Waals surface area contributed by atoms with Crippen LogP contribution in [0.1, 0.15) is 42.4 Å². The molecule has 0 radical (unpaired) electrons. The second kappa shape index (κ2) is 13.5. The molecule has 0 aliphatic heterocycles. The number of nitrogens with zero attached hydrogens (tertiary/aromatic N) is 3. The molecule has 0 unspecified atom stereocenters. The molecule has 0 saturated heterocycles. The fraction of sp³-hybridized carbons (Fsp3) is 0.259. The van der Waals surface area contributed by atoms with Crippen molar-refractivity contribution in [2.75, 3.05) is 11.9 Å². The highest BCUT2D eigenvalue weighted by Crippen LogP contribution is 2.36. The predicted molar refractivity (Wildman–Crippen MR) is 151 cm³/mol. The molecule has 4 aromatic rings. The Morgan fingerprint density at radius 1 is 1.00 bits per heavy atom. The lowest BCUT2D eigenvalue weighted by molar-refractivity contribution is 0.0950. The van der Waals surface area contributed by atoms with E-state index in [1.165, 1.54) is 0 Å². The number of ether oxygens (including phenoxy) is 1. The predicted octanol–water partition coefficient (Wildman–Crippen LogP) is 6.81. The lowest BCUT2D eigenvalue weighted by Gasteiger charge is -2.21. The first-order valence-electron chi connectivity index (χ1n) is 12.2. The summed E-state index contributed by atoms with van der Waals surface area (Å²) in [7, 11) is 0. The van der Waals surface area contributed by atoms with Gasteiger partial charge in [-0.3, -0.25) is 4.79 Å². The third kappa shape index (κ3) is 7.60. The zero-order valence-corrected chi connectivity index (χ0v) is 22.9. The Morgan fingerprint density at radius 3 is 2.39 bits per heavy atom. The summed E-state index contributed by atoms with van der Waals surface area (Å²) >= 11 is 18.9. The van der Waals surface area contributed by atoms with Gasteiger partial charge in [-0.2, -0.15) is 0 Å². The Labute approximate surface area is 236 Å². The zero-order chi connectivity index (χ0) is 26.9. The van der Waals surface area contributed by atoms with Crippen LogP contribution in [0, 0.1) is 0 Å². The molecule has 8 nitrogen and oxygen atoms in total. The summed E-state index contributed by atoms with van der Waals surface area (Å²) in [6.07, 6.45) is 3.04. The van der Waals surface area contributed by atoms with E-state index in [1.807, 2.05) is 30.3 Å². The van der Waals surface area contributed by atoms with Gasteiger partial charge in [-0.15, -0.1) is 5.10 Å². The molecule has 0 aliphatic carbocycles. The number of carbonyl (C=O) groups is 1. The number of amides is 1. The van der Waals surface area contributed by atoms with Crippen molar-refractivity contribution in [2.24, 2.45) is 0 Å². The minimum atomic E-state index is -0.209. The minimum Gasteiger partial charge on any atom is -0.491 e. The number of H-pyrrole nitrogens is 1. The van der Waals surface area contributed by atoms with Crippen molar-refractivity contribution in [1.29, 1.82) is 0 Å². The lowest BCUT2D eigenvalue weighted by atomic mass is 10.1. The van der Waals surface area contributed by atoms with Crippen molar-refractivity contribution < 1.29 is 9.53 Å². The number of rotatable bonds is 12. The summed E-state index contributed by atoms with van der Waals surface area (Å²) in [5, 5.41) is 21.3. The van der Waals surface area contributed by atoms with Crippen LogP contribution in [-0.2, 0) is 6.54 Å². The van der Waals surface area contributed by atoms with E-state index in [0.29, 0.717) is 38.8 Å². The van der Waals surface area contributed by atoms with Gasteiger partial charge in [0.1, 0.15) is 12.4 Å². The van der Waals surface area contributed by atoms with Crippen molar-refractivity contribution in [1.82, 2.24) is 25.9 Å². The molecule has 1 aromatic heterocycles. The van der Waals surface area contributed by atoms with Gasteiger partial charge in [-0.1, -0.05) is 60.6 Å². The lowest BCUT2D eigenvalue weighted by Crippen LogP contribution is -2.27. The number of carbonyl (C=O) groups excluding carboxylic acids is 1. The second-order valence-electron chi connectivity index (χ2n) is 8.67. The summed E-state index contributed by atoms with van der Waals surface area (Å²) in [6.45, 7) is 2.82. The van der Waals surface area contributed by atoms with Crippen molar-refractivity contribution in [2.45, 2.75) is 38.8 Å². The van der Waals surface area contributed by atoms with Gasteiger partial charge in [0.25, 0.3) is 5.91 Å². The van der Waals surface area contributed by atoms with Gasteiger partial charge in [0.05, 0.1) is 17.6 Å². The molecule has 1 amide bonds. The van der Waals surface area contributed by atoms with Crippen LogP contribution in [0.3, 0.4) is 0 Å². The Kier molecular flexibility index (Phi) is 9.81. The molecule has 3 N–H and O–H groups in total. The van der Waals surface area contributed by atoms with Gasteiger partial charge in [0.2, 0.25) is 0 Å². The number of tetrazole rings is 1. The average Bonchev–Trinajstić information content (AvgIpc) is 3.44. The number of anilines is 1. The third-order valence-electron chi connectivity index (χ3n) is 5.84. The van der Waals surface area contributed by atoms with E-state index in [4.69, 9.17) is 39.5 Å². The highest BCUT2D eigenvalue weighted by Gasteiger charge is 2.13. The summed E-state index contributed by atoms with van der Waals surface area (Å²) in [6, 6.07) is 18.3. The summed E-state index contributed by atoms with van der Waals surface area (Å²) in [4.78, 5) is 12.4. The Bertz CT molecular complexity index is 1350. The molecule has 0 spiro atoms. The first-order valence-corrected chi connectivity index (χ1v) is 13.3. The maximum Gasteiger partial charge on any atom is 0.251 e. The maximum absolute atomic E-state index is 12.4. The zero-order valence-electron chi connectivity index (χ0n) is 20.7. The van der Waals surface area contributed by atoms with Crippen LogP contribution in [0.25, 0.3) is 11.1 Å². The molecule has 0 aliphatic rings. The number of nitrogens with one attached hydrogen (secondary N) is 3. The Morgan fingerprint density at radius 2 is 1.74 bits per heavy atom. The van der Waals surface area contributed by atoms with E-state index in [2.05, 4.69) is 38.2 Å². The molecule has 1 heterocycles. The van der Waals surface area contributed by atoms with E-state index in [-0.39, 0.29) is 18.5 Å². The molecule has 38 heavy (non-hydrogen) atoms. The largest absolute Gasteiger partial charge is 0.491 e. The van der Waals surface area contributed by atoms with Crippen molar-refractivity contribution >= 4 is 46.4 Å². The topological polar surface area (TPSA) is 105 Å². The Balaban J connectivity index is 1.36. The van der Waals surface area contributed by atoms with Gasteiger partial charge in [-0.25, -0.2) is 5.10 Å². The normalized spacial score (nSPS) is 11.7. The monoisotopic (exact) mass is 572 g/mol. The maximum atomic E-state index is 12.4. The van der Waals surface area contributed by atoms with Crippen LogP contribution in [0.15, 0.2) is 60.7 Å². The number of hydrogen-bond donors (Lipinski definition) is 3. The van der Waals surface area contributed by atoms with E-state index in [1.54, 1.807) is 30.3 Å². The standard InChI is InChI=1S/C27H27Cl3N6O2/c1-2-3-4-20(32-19-8-5-17(6-9-19)27(37)31-15-26-33-35-36-34-26)16-38-21-10-12-23(25(30)14-21)22-11-7-18(28)13-24(22)29/h5-14,20,32H,2-4,15-16H2,1H3,(H,31,37)(H,33,34,35,36)/t20-/m0/s1. The van der Waals surface area contributed by atoms with Crippen LogP contribution in [-0.4, -0.2) is 39.2 Å². The van der Waals surface area contributed by atoms with Gasteiger partial charge in [0, 0.05) is 32.4 Å². The van der Waals surface area contributed by atoms with E-state index >= 15 is 0 Å². The Hall–Kier alpha value is -3.33. The van der Waals surface area contributed by atoms with E-state index < -0.39 is 0 Å². The van der Waals surface area contributed by atoms with E-state index in [9.17, 15) is 4.79 Å². The number of aromatic nitrogens is 4. The van der Waals surface area contributed by atoms with Gasteiger partial charge in [0.15, 0.2) is 5.82 Å². The number of aromatic amines is 1. The fourth-order valence-corrected chi connectivity index (χ4v) is 4.61. The molecule has 4 rings (SSSR count). The highest BCUT2D eigenvalue weighted by atomic mass is 35.5. The fourth-order valence-electron chi connectivity index (χ4n) is 3.83. The van der Waals surface area contributed by atoms with Gasteiger partial charge < -0.3 is 15.4 Å². The SMILES string of the molecule is CCCC[C@@H](COc1ccc(-c2ccc(Cl)cc2Cl)c(Cl)c1)Nc1ccc(C(=O)NCc2nnn[nH]2)cc1. The molecular formula is C27H27Cl3N6O2. The molecule has 1 atom stereocenters. The summed E-state index contributed by atoms with van der Waals surface area (Å²) in [5.41, 5.74) is 3.06. The molecule has 0 bridgehead atoms. The van der Waals surface area contributed by atoms with Gasteiger partial charge in [-0.05, 0) is 71.4 Å². The molecule has 3 aromatic carbocycles. The smallest absolute Gasteiger partial charge is 0.251 e. The number of benzene rings is 3. The molecular weight excluding hydrogens is 547 g/mol. The summed E-state index contributed by atoms with van der Waals surface area (Å²) in [5.74, 6) is 0.945. The quantitative estimate of drug-likeness (QED) is 0.172. The third-order valence-corrected chi connectivity index (χ3v) is 6.70. The van der Waals surface area contributed by atoms with Crippen LogP contribution >= 0.6 is 34.8 Å². The van der Waals surface area contributed by atoms with Crippen LogP contribution in [0.2, 0.25) is 15.1 Å². The van der Waals surface area contributed by atoms with Crippen molar-refractivity contribution in [3.8, 4) is 16.9 Å². The molecule has 198 valence electrons. The molecule has 0 fully saturated rings. The number of hydrogen-bond acceptors (Lipinski definition) is 6. The molecule has 11 heteroatoms.